The van der Waals surface area contributed by atoms with Crippen LogP contribution in [0.25, 0.3) is 10.2 Å². The van der Waals surface area contributed by atoms with Crippen LogP contribution in [0.4, 0.5) is 5.13 Å². The second kappa shape index (κ2) is 6.73. The highest BCUT2D eigenvalue weighted by molar-refractivity contribution is 7.20. The molecule has 8 nitrogen and oxygen atoms in total. The molecule has 10 heteroatoms. The summed E-state index contributed by atoms with van der Waals surface area (Å²) in [5.74, 6) is -0.941. The SMILES string of the molecule is CCC(C(=O)Nc1nccs1)n1cnc2sc(C(N)=O)c(C)c2c1=O. The molecule has 130 valence electrons. The van der Waals surface area contributed by atoms with Gasteiger partial charge in [0.25, 0.3) is 11.5 Å². The Morgan fingerprint density at radius 1 is 1.40 bits per heavy atom. The van der Waals surface area contributed by atoms with Crippen LogP contribution >= 0.6 is 22.7 Å². The number of carbonyl (C=O) groups is 2. The molecule has 3 heterocycles. The second-order valence-electron chi connectivity index (χ2n) is 5.31. The van der Waals surface area contributed by atoms with Crippen molar-refractivity contribution in [1.82, 2.24) is 14.5 Å². The van der Waals surface area contributed by atoms with E-state index < -0.39 is 11.9 Å². The minimum Gasteiger partial charge on any atom is -0.365 e. The largest absolute Gasteiger partial charge is 0.365 e. The molecule has 0 aliphatic heterocycles. The summed E-state index contributed by atoms with van der Waals surface area (Å²) in [6.07, 6.45) is 3.32. The number of amides is 2. The number of aromatic nitrogens is 3. The Balaban J connectivity index is 2.06. The Kier molecular flexibility index (Phi) is 4.64. The highest BCUT2D eigenvalue weighted by Gasteiger charge is 2.24. The van der Waals surface area contributed by atoms with Crippen LogP contribution in [0.1, 0.15) is 34.6 Å². The molecule has 0 saturated heterocycles. The van der Waals surface area contributed by atoms with Gasteiger partial charge in [0.1, 0.15) is 10.9 Å². The zero-order valence-electron chi connectivity index (χ0n) is 13.5. The molecule has 0 bridgehead atoms. The number of thiophene rings is 1. The number of nitrogens with zero attached hydrogens (tertiary/aromatic N) is 3. The zero-order chi connectivity index (χ0) is 18.1. The summed E-state index contributed by atoms with van der Waals surface area (Å²) in [7, 11) is 0. The lowest BCUT2D eigenvalue weighted by atomic mass is 10.1. The summed E-state index contributed by atoms with van der Waals surface area (Å²) in [6.45, 7) is 3.46. The van der Waals surface area contributed by atoms with E-state index in [1.165, 1.54) is 22.2 Å². The van der Waals surface area contributed by atoms with Crippen LogP contribution in [0.2, 0.25) is 0 Å². The molecule has 1 unspecified atom stereocenters. The van der Waals surface area contributed by atoms with Crippen LogP contribution in [0.3, 0.4) is 0 Å². The fourth-order valence-corrected chi connectivity index (χ4v) is 4.10. The van der Waals surface area contributed by atoms with Gasteiger partial charge >= 0.3 is 0 Å². The average molecular weight is 377 g/mol. The van der Waals surface area contributed by atoms with E-state index in [2.05, 4.69) is 15.3 Å². The molecule has 0 aromatic carbocycles. The lowest BCUT2D eigenvalue weighted by molar-refractivity contribution is -0.119. The third-order valence-corrected chi connectivity index (χ3v) is 5.69. The first kappa shape index (κ1) is 17.2. The maximum atomic E-state index is 12.9. The number of thiazole rings is 1. The summed E-state index contributed by atoms with van der Waals surface area (Å²) in [4.78, 5) is 45.9. The molecule has 0 aliphatic rings. The molecule has 25 heavy (non-hydrogen) atoms. The molecule has 0 fully saturated rings. The fourth-order valence-electron chi connectivity index (χ4n) is 2.58. The third-order valence-electron chi connectivity index (χ3n) is 3.79. The van der Waals surface area contributed by atoms with E-state index in [1.807, 2.05) is 0 Å². The van der Waals surface area contributed by atoms with Crippen molar-refractivity contribution < 1.29 is 9.59 Å². The zero-order valence-corrected chi connectivity index (χ0v) is 15.1. The number of primary amides is 1. The minimum absolute atomic E-state index is 0.303. The van der Waals surface area contributed by atoms with Crippen LogP contribution in [-0.4, -0.2) is 26.3 Å². The first-order chi connectivity index (χ1) is 11.9. The molecule has 0 saturated carbocycles. The van der Waals surface area contributed by atoms with Crippen molar-refractivity contribution in [2.75, 3.05) is 5.32 Å². The Hall–Kier alpha value is -2.59. The maximum absolute atomic E-state index is 12.9. The predicted octanol–water partition coefficient (Wildman–Crippen LogP) is 1.91. The second-order valence-corrected chi connectivity index (χ2v) is 7.20. The van der Waals surface area contributed by atoms with Crippen molar-refractivity contribution in [2.45, 2.75) is 26.3 Å². The molecule has 3 rings (SSSR count). The highest BCUT2D eigenvalue weighted by Crippen LogP contribution is 2.27. The van der Waals surface area contributed by atoms with Gasteiger partial charge in [-0.25, -0.2) is 9.97 Å². The first-order valence-corrected chi connectivity index (χ1v) is 9.14. The predicted molar refractivity (Wildman–Crippen MR) is 97.2 cm³/mol. The van der Waals surface area contributed by atoms with Gasteiger partial charge in [-0.3, -0.25) is 19.0 Å². The van der Waals surface area contributed by atoms with Gasteiger partial charge in [0, 0.05) is 11.6 Å². The van der Waals surface area contributed by atoms with E-state index in [0.29, 0.717) is 32.2 Å². The monoisotopic (exact) mass is 377 g/mol. The summed E-state index contributed by atoms with van der Waals surface area (Å²) in [5.41, 5.74) is 5.47. The van der Waals surface area contributed by atoms with Crippen LogP contribution in [-0.2, 0) is 4.79 Å². The molecule has 1 atom stereocenters. The normalized spacial score (nSPS) is 12.2. The van der Waals surface area contributed by atoms with Gasteiger partial charge in [-0.2, -0.15) is 0 Å². The molecule has 3 N–H and O–H groups in total. The summed E-state index contributed by atoms with van der Waals surface area (Å²) in [5, 5.41) is 5.23. The van der Waals surface area contributed by atoms with E-state index in [1.54, 1.807) is 25.4 Å². The molecule has 0 radical (unpaired) electrons. The maximum Gasteiger partial charge on any atom is 0.263 e. The van der Waals surface area contributed by atoms with Crippen LogP contribution in [0, 0.1) is 6.92 Å². The summed E-state index contributed by atoms with van der Waals surface area (Å²) < 4.78 is 1.29. The van der Waals surface area contributed by atoms with Gasteiger partial charge < -0.3 is 11.1 Å². The Labute approximate surface area is 150 Å². The number of rotatable bonds is 5. The number of nitrogens with one attached hydrogen (secondary N) is 1. The third kappa shape index (κ3) is 3.05. The first-order valence-electron chi connectivity index (χ1n) is 7.44. The lowest BCUT2D eigenvalue weighted by Crippen LogP contribution is -2.33. The van der Waals surface area contributed by atoms with Crippen LogP contribution < -0.4 is 16.6 Å². The van der Waals surface area contributed by atoms with Crippen LogP contribution in [0.5, 0.6) is 0 Å². The van der Waals surface area contributed by atoms with Gasteiger partial charge in [-0.1, -0.05) is 6.92 Å². The van der Waals surface area contributed by atoms with Crippen molar-refractivity contribution in [1.29, 1.82) is 0 Å². The van der Waals surface area contributed by atoms with Crippen molar-refractivity contribution in [3.8, 4) is 0 Å². The molecule has 0 aliphatic carbocycles. The standard InChI is InChI=1S/C15H15N5O3S2/c1-3-8(12(22)19-15-17-4-5-24-15)20-6-18-13-9(14(20)23)7(2)10(25-13)11(16)21/h4-6,8H,3H2,1-2H3,(H2,16,21)(H,17,19,22). The number of aryl methyl sites for hydroxylation is 1. The topological polar surface area (TPSA) is 120 Å². The minimum atomic E-state index is -0.732. The molecular weight excluding hydrogens is 362 g/mol. The highest BCUT2D eigenvalue weighted by atomic mass is 32.1. The Morgan fingerprint density at radius 3 is 2.76 bits per heavy atom. The van der Waals surface area contributed by atoms with E-state index in [0.717, 1.165) is 11.3 Å². The van der Waals surface area contributed by atoms with Gasteiger partial charge in [-0.05, 0) is 18.9 Å². The van der Waals surface area contributed by atoms with Crippen molar-refractivity contribution in [2.24, 2.45) is 5.73 Å². The molecule has 3 aromatic heterocycles. The summed E-state index contributed by atoms with van der Waals surface area (Å²) in [6, 6.07) is -0.732. The van der Waals surface area contributed by atoms with Gasteiger partial charge in [0.2, 0.25) is 5.91 Å². The Morgan fingerprint density at radius 2 is 2.16 bits per heavy atom. The van der Waals surface area contributed by atoms with Crippen LogP contribution in [0.15, 0.2) is 22.7 Å². The number of carbonyl (C=O) groups excluding carboxylic acids is 2. The lowest BCUT2D eigenvalue weighted by Gasteiger charge is -2.16. The van der Waals surface area contributed by atoms with E-state index in [4.69, 9.17) is 5.73 Å². The van der Waals surface area contributed by atoms with Gasteiger partial charge in [0.15, 0.2) is 5.13 Å². The van der Waals surface area contributed by atoms with E-state index in [-0.39, 0.29) is 11.5 Å². The Bertz CT molecular complexity index is 1010. The number of hydrogen-bond acceptors (Lipinski definition) is 7. The summed E-state index contributed by atoms with van der Waals surface area (Å²) >= 11 is 2.37. The van der Waals surface area contributed by atoms with Gasteiger partial charge in [-0.15, -0.1) is 22.7 Å². The fraction of sp³-hybridized carbons (Fsp3) is 0.267. The van der Waals surface area contributed by atoms with Gasteiger partial charge in [0.05, 0.1) is 16.6 Å². The van der Waals surface area contributed by atoms with Crippen molar-refractivity contribution >= 4 is 49.8 Å². The smallest absolute Gasteiger partial charge is 0.263 e. The molecular formula is C15H15N5O3S2. The van der Waals surface area contributed by atoms with E-state index in [9.17, 15) is 14.4 Å². The molecule has 0 spiro atoms. The van der Waals surface area contributed by atoms with Crippen molar-refractivity contribution in [3.05, 3.63) is 38.7 Å². The number of fused-ring (bicyclic) bond motifs is 1. The number of anilines is 1. The number of nitrogens with two attached hydrogens (primary N) is 1. The van der Waals surface area contributed by atoms with E-state index >= 15 is 0 Å². The quantitative estimate of drug-likeness (QED) is 0.704. The molecule has 2 amide bonds. The van der Waals surface area contributed by atoms with Crippen molar-refractivity contribution in [3.63, 3.8) is 0 Å². The molecule has 3 aromatic rings. The average Bonchev–Trinajstić information content (AvgIpc) is 3.18. The number of hydrogen-bond donors (Lipinski definition) is 2.